The third kappa shape index (κ3) is 3.93. The Bertz CT molecular complexity index is 322. The van der Waals surface area contributed by atoms with Crippen molar-refractivity contribution in [3.63, 3.8) is 0 Å². The summed E-state index contributed by atoms with van der Waals surface area (Å²) in [4.78, 5) is 0. The van der Waals surface area contributed by atoms with Crippen LogP contribution >= 0.6 is 0 Å². The minimum atomic E-state index is -3.11. The van der Waals surface area contributed by atoms with Crippen molar-refractivity contribution in [2.24, 2.45) is 0 Å². The maximum absolute atomic E-state index is 11.8. The van der Waals surface area contributed by atoms with Gasteiger partial charge in [-0.3, -0.25) is 0 Å². The minimum Gasteiger partial charge on any atom is -0.396 e. The summed E-state index contributed by atoms with van der Waals surface area (Å²) in [5.74, 6) is 0.154. The lowest BCUT2D eigenvalue weighted by Crippen LogP contribution is -2.37. The van der Waals surface area contributed by atoms with Crippen LogP contribution < -0.4 is 0 Å². The molecule has 0 unspecified atom stereocenters. The van der Waals surface area contributed by atoms with E-state index in [1.807, 2.05) is 6.92 Å². The number of rotatable bonds is 5. The Balaban J connectivity index is 2.51. The third-order valence-corrected chi connectivity index (χ3v) is 4.40. The van der Waals surface area contributed by atoms with Gasteiger partial charge in [0.25, 0.3) is 0 Å². The molecule has 5 heteroatoms. The molecule has 0 aromatic carbocycles. The largest absolute Gasteiger partial charge is 0.396 e. The van der Waals surface area contributed by atoms with E-state index in [9.17, 15) is 8.42 Å². The summed E-state index contributed by atoms with van der Waals surface area (Å²) in [6, 6.07) is 0. The van der Waals surface area contributed by atoms with Gasteiger partial charge in [0, 0.05) is 19.7 Å². The van der Waals surface area contributed by atoms with Gasteiger partial charge in [0.05, 0.1) is 5.75 Å². The summed E-state index contributed by atoms with van der Waals surface area (Å²) < 4.78 is 25.2. The van der Waals surface area contributed by atoms with Crippen LogP contribution in [0.5, 0.6) is 0 Å². The van der Waals surface area contributed by atoms with Gasteiger partial charge in [-0.1, -0.05) is 11.6 Å². The second-order valence-corrected chi connectivity index (χ2v) is 6.01. The fourth-order valence-electron chi connectivity index (χ4n) is 1.64. The SMILES string of the molecule is CC1=CCCN(S(=O)(=O)CCCCO)C1. The first-order chi connectivity index (χ1) is 7.06. The molecule has 0 aromatic rings. The molecule has 0 atom stereocenters. The Morgan fingerprint density at radius 1 is 1.47 bits per heavy atom. The lowest BCUT2D eigenvalue weighted by molar-refractivity contribution is 0.287. The van der Waals surface area contributed by atoms with Crippen molar-refractivity contribution in [3.05, 3.63) is 11.6 Å². The standard InChI is InChI=1S/C10H19NO3S/c1-10-5-4-6-11(9-10)15(13,14)8-3-2-7-12/h5,12H,2-4,6-9H2,1H3. The van der Waals surface area contributed by atoms with Crippen LogP contribution in [-0.2, 0) is 10.0 Å². The van der Waals surface area contributed by atoms with Gasteiger partial charge in [0.2, 0.25) is 10.0 Å². The molecule has 0 saturated heterocycles. The maximum Gasteiger partial charge on any atom is 0.214 e. The minimum absolute atomic E-state index is 0.0639. The Kier molecular flexibility index (Phi) is 4.76. The second-order valence-electron chi connectivity index (χ2n) is 3.92. The highest BCUT2D eigenvalue weighted by molar-refractivity contribution is 7.89. The molecular weight excluding hydrogens is 214 g/mol. The highest BCUT2D eigenvalue weighted by Gasteiger charge is 2.22. The van der Waals surface area contributed by atoms with E-state index >= 15 is 0 Å². The fraction of sp³-hybridized carbons (Fsp3) is 0.800. The van der Waals surface area contributed by atoms with Gasteiger partial charge in [0.15, 0.2) is 0 Å². The molecule has 0 radical (unpaired) electrons. The number of sulfonamides is 1. The van der Waals surface area contributed by atoms with Crippen molar-refractivity contribution in [3.8, 4) is 0 Å². The van der Waals surface area contributed by atoms with Crippen molar-refractivity contribution < 1.29 is 13.5 Å². The molecule has 0 saturated carbocycles. The van der Waals surface area contributed by atoms with Gasteiger partial charge in [0.1, 0.15) is 0 Å². The Hall–Kier alpha value is -0.390. The van der Waals surface area contributed by atoms with Crippen molar-refractivity contribution in [2.75, 3.05) is 25.4 Å². The number of hydrogen-bond donors (Lipinski definition) is 1. The smallest absolute Gasteiger partial charge is 0.214 e. The average Bonchev–Trinajstić information content (AvgIpc) is 2.18. The van der Waals surface area contributed by atoms with Gasteiger partial charge in [-0.05, 0) is 26.2 Å². The number of nitrogens with zero attached hydrogens (tertiary/aromatic N) is 1. The zero-order valence-electron chi connectivity index (χ0n) is 9.15. The summed E-state index contributed by atoms with van der Waals surface area (Å²) in [6.07, 6.45) is 3.99. The van der Waals surface area contributed by atoms with Crippen LogP contribution in [0.3, 0.4) is 0 Å². The first-order valence-electron chi connectivity index (χ1n) is 5.30. The normalized spacial score (nSPS) is 18.9. The first-order valence-corrected chi connectivity index (χ1v) is 6.91. The summed E-state index contributed by atoms with van der Waals surface area (Å²) in [5.41, 5.74) is 1.12. The zero-order chi connectivity index (χ0) is 11.3. The fourth-order valence-corrected chi connectivity index (χ4v) is 3.25. The topological polar surface area (TPSA) is 57.6 Å². The van der Waals surface area contributed by atoms with E-state index < -0.39 is 10.0 Å². The molecule has 0 bridgehead atoms. The van der Waals surface area contributed by atoms with Crippen LogP contribution in [-0.4, -0.2) is 43.3 Å². The van der Waals surface area contributed by atoms with E-state index in [-0.39, 0.29) is 12.4 Å². The van der Waals surface area contributed by atoms with Crippen molar-refractivity contribution in [1.82, 2.24) is 4.31 Å². The molecule has 1 rings (SSSR count). The van der Waals surface area contributed by atoms with Crippen LogP contribution in [0.4, 0.5) is 0 Å². The highest BCUT2D eigenvalue weighted by Crippen LogP contribution is 2.14. The lowest BCUT2D eigenvalue weighted by atomic mass is 10.2. The molecule has 0 fully saturated rings. The Labute approximate surface area is 91.6 Å². The molecule has 1 aliphatic heterocycles. The molecule has 4 nitrogen and oxygen atoms in total. The number of unbranched alkanes of at least 4 members (excludes halogenated alkanes) is 1. The average molecular weight is 233 g/mol. The van der Waals surface area contributed by atoms with Crippen molar-refractivity contribution in [2.45, 2.75) is 26.2 Å². The number of aliphatic hydroxyl groups is 1. The van der Waals surface area contributed by atoms with E-state index in [0.29, 0.717) is 25.9 Å². The quantitative estimate of drug-likeness (QED) is 0.563. The van der Waals surface area contributed by atoms with Crippen molar-refractivity contribution in [1.29, 1.82) is 0 Å². The Morgan fingerprint density at radius 3 is 2.80 bits per heavy atom. The van der Waals surface area contributed by atoms with Crippen LogP contribution in [0.15, 0.2) is 11.6 Å². The van der Waals surface area contributed by atoms with Gasteiger partial charge in [-0.25, -0.2) is 8.42 Å². The summed E-state index contributed by atoms with van der Waals surface area (Å²) in [6.45, 7) is 3.14. The molecule has 0 amide bonds. The van der Waals surface area contributed by atoms with Crippen molar-refractivity contribution >= 4 is 10.0 Å². The van der Waals surface area contributed by atoms with Gasteiger partial charge in [-0.2, -0.15) is 4.31 Å². The lowest BCUT2D eigenvalue weighted by Gasteiger charge is -2.25. The van der Waals surface area contributed by atoms with E-state index in [2.05, 4.69) is 6.08 Å². The highest BCUT2D eigenvalue weighted by atomic mass is 32.2. The predicted octanol–water partition coefficient (Wildman–Crippen LogP) is 0.741. The first kappa shape index (κ1) is 12.7. The summed E-state index contributed by atoms with van der Waals surface area (Å²) in [7, 11) is -3.11. The van der Waals surface area contributed by atoms with Crippen LogP contribution in [0.1, 0.15) is 26.2 Å². The zero-order valence-corrected chi connectivity index (χ0v) is 9.96. The van der Waals surface area contributed by atoms with Crippen LogP contribution in [0.25, 0.3) is 0 Å². The maximum atomic E-state index is 11.8. The number of hydrogen-bond acceptors (Lipinski definition) is 3. The third-order valence-electron chi connectivity index (χ3n) is 2.50. The van der Waals surface area contributed by atoms with Gasteiger partial charge < -0.3 is 5.11 Å². The molecule has 0 spiro atoms. The monoisotopic (exact) mass is 233 g/mol. The van der Waals surface area contributed by atoms with Gasteiger partial charge >= 0.3 is 0 Å². The van der Waals surface area contributed by atoms with E-state index in [1.165, 1.54) is 0 Å². The van der Waals surface area contributed by atoms with E-state index in [4.69, 9.17) is 5.11 Å². The molecular formula is C10H19NO3S. The molecule has 0 aromatic heterocycles. The Morgan fingerprint density at radius 2 is 2.20 bits per heavy atom. The molecule has 1 aliphatic rings. The van der Waals surface area contributed by atoms with Gasteiger partial charge in [-0.15, -0.1) is 0 Å². The van der Waals surface area contributed by atoms with E-state index in [1.54, 1.807) is 4.31 Å². The van der Waals surface area contributed by atoms with Crippen LogP contribution in [0, 0.1) is 0 Å². The summed E-state index contributed by atoms with van der Waals surface area (Å²) >= 11 is 0. The molecule has 88 valence electrons. The molecule has 1 N–H and O–H groups in total. The predicted molar refractivity (Wildman–Crippen MR) is 60.1 cm³/mol. The van der Waals surface area contributed by atoms with Crippen LogP contribution in [0.2, 0.25) is 0 Å². The van der Waals surface area contributed by atoms with E-state index in [0.717, 1.165) is 12.0 Å². The second kappa shape index (κ2) is 5.63. The summed E-state index contributed by atoms with van der Waals surface area (Å²) in [5, 5.41) is 8.60. The molecule has 15 heavy (non-hydrogen) atoms. The molecule has 1 heterocycles. The number of aliphatic hydroxyl groups excluding tert-OH is 1. The molecule has 0 aliphatic carbocycles.